The van der Waals surface area contributed by atoms with Gasteiger partial charge in [-0.05, 0) is 29.2 Å². The number of carbonyl (C=O) groups is 2. The highest BCUT2D eigenvalue weighted by molar-refractivity contribution is 7.96. The van der Waals surface area contributed by atoms with Crippen molar-refractivity contribution in [1.29, 1.82) is 0 Å². The number of allylic oxidation sites excluding steroid dienone is 1. The Bertz CT molecular complexity index is 936. The zero-order valence-electron chi connectivity index (χ0n) is 15.4. The minimum Gasteiger partial charge on any atom is -0.475 e. The molecule has 0 saturated carbocycles. The summed E-state index contributed by atoms with van der Waals surface area (Å²) in [6.07, 6.45) is 1.82. The minimum atomic E-state index is -2.67. The van der Waals surface area contributed by atoms with E-state index in [1.807, 2.05) is 91.0 Å². The molecule has 0 aliphatic rings. The number of carboxylic acids is 1. The SMILES string of the molecule is C=CCC(C(=O)C(=O)O)=P(c1ccccc1)(c1ccccc1)c1ccccc1. The first-order chi connectivity index (χ1) is 13.6. The highest BCUT2D eigenvalue weighted by Gasteiger charge is 2.34. The fraction of sp³-hybridized carbons (Fsp3) is 0.0417. The Kier molecular flexibility index (Phi) is 6.08. The Morgan fingerprint density at radius 3 is 1.39 bits per heavy atom. The maximum Gasteiger partial charge on any atom is 0.376 e. The summed E-state index contributed by atoms with van der Waals surface area (Å²) in [5.41, 5.74) is 0. The number of benzene rings is 3. The Morgan fingerprint density at radius 1 is 0.750 bits per heavy atom. The van der Waals surface area contributed by atoms with Gasteiger partial charge in [0.25, 0.3) is 5.78 Å². The molecule has 3 rings (SSSR count). The Hall–Kier alpha value is -3.16. The number of hydrogen-bond acceptors (Lipinski definition) is 2. The Morgan fingerprint density at radius 2 is 1.11 bits per heavy atom. The van der Waals surface area contributed by atoms with Crippen molar-refractivity contribution in [3.63, 3.8) is 0 Å². The second-order valence-electron chi connectivity index (χ2n) is 6.25. The van der Waals surface area contributed by atoms with Crippen LogP contribution in [0.25, 0.3) is 0 Å². The highest BCUT2D eigenvalue weighted by atomic mass is 31.2. The predicted molar refractivity (Wildman–Crippen MR) is 118 cm³/mol. The van der Waals surface area contributed by atoms with Crippen LogP contribution >= 0.6 is 6.89 Å². The molecule has 0 fully saturated rings. The summed E-state index contributed by atoms with van der Waals surface area (Å²) in [6, 6.07) is 29.2. The average Bonchev–Trinajstić information content (AvgIpc) is 2.75. The number of hydrogen-bond donors (Lipinski definition) is 1. The Balaban J connectivity index is 2.61. The topological polar surface area (TPSA) is 54.4 Å². The molecule has 0 aliphatic carbocycles. The van der Waals surface area contributed by atoms with Crippen molar-refractivity contribution in [2.24, 2.45) is 0 Å². The molecule has 0 saturated heterocycles. The number of aliphatic carboxylic acids is 1. The summed E-state index contributed by atoms with van der Waals surface area (Å²) >= 11 is 0. The van der Waals surface area contributed by atoms with Crippen LogP contribution in [0, 0.1) is 0 Å². The molecule has 0 aliphatic heterocycles. The molecule has 0 unspecified atom stereocenters. The van der Waals surface area contributed by atoms with E-state index in [2.05, 4.69) is 6.58 Å². The molecule has 0 amide bonds. The van der Waals surface area contributed by atoms with E-state index in [9.17, 15) is 14.7 Å². The zero-order valence-corrected chi connectivity index (χ0v) is 16.3. The van der Waals surface area contributed by atoms with Gasteiger partial charge in [-0.15, -0.1) is 6.58 Å². The van der Waals surface area contributed by atoms with Crippen molar-refractivity contribution in [3.05, 3.63) is 104 Å². The van der Waals surface area contributed by atoms with Gasteiger partial charge in [-0.1, -0.05) is 97.1 Å². The van der Waals surface area contributed by atoms with Gasteiger partial charge in [0.05, 0.1) is 0 Å². The van der Waals surface area contributed by atoms with Gasteiger partial charge in [0.2, 0.25) is 0 Å². The predicted octanol–water partition coefficient (Wildman–Crippen LogP) is 3.38. The molecule has 3 aromatic rings. The molecule has 1 N–H and O–H groups in total. The van der Waals surface area contributed by atoms with Crippen LogP contribution in [0.4, 0.5) is 0 Å². The largest absolute Gasteiger partial charge is 0.475 e. The highest BCUT2D eigenvalue weighted by Crippen LogP contribution is 2.47. The first kappa shape index (κ1) is 19.6. The van der Waals surface area contributed by atoms with E-state index in [0.29, 0.717) is 5.29 Å². The lowest BCUT2D eigenvalue weighted by atomic mass is 10.2. The van der Waals surface area contributed by atoms with Crippen LogP contribution in [-0.2, 0) is 9.59 Å². The third-order valence-corrected chi connectivity index (χ3v) is 9.04. The van der Waals surface area contributed by atoms with Crippen LogP contribution in [0.15, 0.2) is 104 Å². The second-order valence-corrected chi connectivity index (χ2v) is 9.68. The summed E-state index contributed by atoms with van der Waals surface area (Å²) < 4.78 is 0. The molecular weight excluding hydrogens is 367 g/mol. The van der Waals surface area contributed by atoms with Gasteiger partial charge in [0.1, 0.15) is 0 Å². The van der Waals surface area contributed by atoms with Gasteiger partial charge in [0, 0.05) is 5.29 Å². The summed E-state index contributed by atoms with van der Waals surface area (Å²) in [7, 11) is 0. The maximum atomic E-state index is 12.9. The average molecular weight is 388 g/mol. The summed E-state index contributed by atoms with van der Waals surface area (Å²) in [5, 5.41) is 12.8. The molecule has 0 spiro atoms. The minimum absolute atomic E-state index is 0.206. The van der Waals surface area contributed by atoms with Crippen molar-refractivity contribution in [3.8, 4) is 0 Å². The molecule has 28 heavy (non-hydrogen) atoms. The fourth-order valence-electron chi connectivity index (χ4n) is 3.51. The number of carbonyl (C=O) groups excluding carboxylic acids is 1. The number of ketones is 1. The summed E-state index contributed by atoms with van der Waals surface area (Å²) in [4.78, 5) is 24.7. The van der Waals surface area contributed by atoms with E-state index in [0.717, 1.165) is 15.9 Å². The molecular formula is C24H21O3P. The van der Waals surface area contributed by atoms with E-state index in [1.54, 1.807) is 6.08 Å². The van der Waals surface area contributed by atoms with Crippen molar-refractivity contribution in [1.82, 2.24) is 0 Å². The molecule has 0 radical (unpaired) electrons. The zero-order chi connectivity index (χ0) is 20.0. The fourth-order valence-corrected chi connectivity index (χ4v) is 8.00. The van der Waals surface area contributed by atoms with E-state index >= 15 is 0 Å². The number of Topliss-reactive ketones (excluding diaryl/α,β-unsaturated/α-hetero) is 1. The van der Waals surface area contributed by atoms with Crippen LogP contribution in [0.3, 0.4) is 0 Å². The monoisotopic (exact) mass is 388 g/mol. The molecule has 140 valence electrons. The van der Waals surface area contributed by atoms with E-state index in [4.69, 9.17) is 0 Å². The molecule has 3 aromatic carbocycles. The molecule has 0 aromatic heterocycles. The maximum absolute atomic E-state index is 12.9. The second kappa shape index (κ2) is 8.69. The normalized spacial score (nSPS) is 10.9. The number of carboxylic acid groups (broad SMARTS) is 1. The van der Waals surface area contributed by atoms with Crippen LogP contribution in [0.2, 0.25) is 0 Å². The molecule has 0 atom stereocenters. The van der Waals surface area contributed by atoms with E-state index in [-0.39, 0.29) is 6.42 Å². The van der Waals surface area contributed by atoms with Crippen LogP contribution in [0.1, 0.15) is 6.42 Å². The standard InChI is InChI=1S/C24H21O3P/c1-2-12-22(23(25)24(26)27)28(19-13-6-3-7-14-19,20-15-8-4-9-16-20)21-17-10-5-11-18-21/h2-11,13-18H,1,12H2,(H,26,27). The van der Waals surface area contributed by atoms with Gasteiger partial charge < -0.3 is 5.11 Å². The summed E-state index contributed by atoms with van der Waals surface area (Å²) in [5.74, 6) is -2.30. The van der Waals surface area contributed by atoms with Crippen molar-refractivity contribution >= 4 is 39.8 Å². The number of rotatable bonds is 7. The first-order valence-corrected chi connectivity index (χ1v) is 10.7. The van der Waals surface area contributed by atoms with E-state index < -0.39 is 18.6 Å². The van der Waals surface area contributed by atoms with Gasteiger partial charge in [0.15, 0.2) is 0 Å². The van der Waals surface area contributed by atoms with Crippen LogP contribution in [-0.4, -0.2) is 22.2 Å². The van der Waals surface area contributed by atoms with E-state index in [1.165, 1.54) is 0 Å². The molecule has 3 nitrogen and oxygen atoms in total. The molecule has 4 heteroatoms. The van der Waals surface area contributed by atoms with Crippen LogP contribution in [0.5, 0.6) is 0 Å². The third kappa shape index (κ3) is 3.49. The van der Waals surface area contributed by atoms with Crippen LogP contribution < -0.4 is 15.9 Å². The van der Waals surface area contributed by atoms with Crippen molar-refractivity contribution in [2.45, 2.75) is 6.42 Å². The van der Waals surface area contributed by atoms with Gasteiger partial charge >= 0.3 is 5.97 Å². The van der Waals surface area contributed by atoms with Gasteiger partial charge in [-0.25, -0.2) is 4.79 Å². The lowest BCUT2D eigenvalue weighted by molar-refractivity contribution is -0.145. The first-order valence-electron chi connectivity index (χ1n) is 8.93. The lowest BCUT2D eigenvalue weighted by Crippen LogP contribution is -2.35. The van der Waals surface area contributed by atoms with Gasteiger partial charge in [-0.2, -0.15) is 0 Å². The summed E-state index contributed by atoms with van der Waals surface area (Å²) in [6.45, 7) is 1.11. The van der Waals surface area contributed by atoms with Gasteiger partial charge in [-0.3, -0.25) is 4.79 Å². The molecule has 0 heterocycles. The molecule has 0 bridgehead atoms. The smallest absolute Gasteiger partial charge is 0.376 e. The lowest BCUT2D eigenvalue weighted by Gasteiger charge is -2.31. The Labute approximate surface area is 165 Å². The van der Waals surface area contributed by atoms with Crippen molar-refractivity contribution < 1.29 is 14.7 Å². The third-order valence-electron chi connectivity index (χ3n) is 4.63. The quantitative estimate of drug-likeness (QED) is 0.384. The van der Waals surface area contributed by atoms with Crippen molar-refractivity contribution in [2.75, 3.05) is 0 Å².